The number of hydrogen-bond acceptors (Lipinski definition) is 4. The Hall–Kier alpha value is -2.88. The first-order valence-corrected chi connectivity index (χ1v) is 10.7. The molecule has 2 atom stereocenters. The van der Waals surface area contributed by atoms with Crippen LogP contribution >= 0.6 is 22.1 Å². The number of halogens is 1. The zero-order chi connectivity index (χ0) is 21.1. The second kappa shape index (κ2) is 8.64. The van der Waals surface area contributed by atoms with E-state index in [1.165, 1.54) is 11.0 Å². The highest BCUT2D eigenvalue weighted by atomic mass is 35.5. The monoisotopic (exact) mass is 425 g/mol. The molecule has 0 spiro atoms. The number of amides is 1. The van der Waals surface area contributed by atoms with Crippen LogP contribution in [0.25, 0.3) is 0 Å². The molecule has 3 rings (SSSR count). The Morgan fingerprint density at radius 1 is 1.24 bits per heavy atom. The molecule has 1 fully saturated rings. The fourth-order valence-corrected chi connectivity index (χ4v) is 4.99. The summed E-state index contributed by atoms with van der Waals surface area (Å²) in [5.41, 5.74) is 2.30. The molecule has 1 amide bonds. The Morgan fingerprint density at radius 2 is 1.86 bits per heavy atom. The Balaban J connectivity index is 1.91. The van der Waals surface area contributed by atoms with Crippen LogP contribution in [-0.2, 0) is 4.79 Å². The molecule has 2 aromatic carbocycles. The lowest BCUT2D eigenvalue weighted by molar-refractivity contribution is -0.127. The van der Waals surface area contributed by atoms with Crippen molar-refractivity contribution in [2.75, 3.05) is 25.5 Å². The standard InChI is InChI=1S/C22H20ClN3O2S/c1-25(2)18-10-6-16(7-11-18)21-22(28)26(20(12-13-24)29(21)3)14-19(27)15-4-8-17(23)9-5-15/h4-12,21H,3,14H2,1-2H3. The summed E-state index contributed by atoms with van der Waals surface area (Å²) in [5.74, 6) is 3.71. The van der Waals surface area contributed by atoms with Gasteiger partial charge in [0.1, 0.15) is 5.25 Å². The molecule has 0 aliphatic carbocycles. The van der Waals surface area contributed by atoms with E-state index < -0.39 is 15.7 Å². The first kappa shape index (κ1) is 20.8. The van der Waals surface area contributed by atoms with Crippen LogP contribution in [0.15, 0.2) is 59.6 Å². The van der Waals surface area contributed by atoms with Crippen molar-refractivity contribution in [1.82, 2.24) is 4.90 Å². The second-order valence-corrected chi connectivity index (χ2v) is 8.94. The number of hydrogen-bond donors (Lipinski definition) is 0. The minimum Gasteiger partial charge on any atom is -0.378 e. The van der Waals surface area contributed by atoms with Crippen LogP contribution in [0.3, 0.4) is 0 Å². The molecular weight excluding hydrogens is 406 g/mol. The maximum Gasteiger partial charge on any atom is 0.245 e. The number of benzene rings is 2. The number of carbonyl (C=O) groups is 2. The molecule has 1 aliphatic rings. The summed E-state index contributed by atoms with van der Waals surface area (Å²) >= 11 is 5.88. The molecule has 29 heavy (non-hydrogen) atoms. The maximum absolute atomic E-state index is 13.2. The number of rotatable bonds is 5. The van der Waals surface area contributed by atoms with Gasteiger partial charge < -0.3 is 4.90 Å². The van der Waals surface area contributed by atoms with Crippen LogP contribution in [0.1, 0.15) is 21.2 Å². The summed E-state index contributed by atoms with van der Waals surface area (Å²) in [6.45, 7) is -0.140. The van der Waals surface area contributed by atoms with Gasteiger partial charge in [-0.05, 0) is 42.0 Å². The number of ketones is 1. The molecule has 0 N–H and O–H groups in total. The highest BCUT2D eigenvalue weighted by Crippen LogP contribution is 2.49. The molecular formula is C22H20ClN3O2S. The molecule has 0 bridgehead atoms. The van der Waals surface area contributed by atoms with E-state index in [0.717, 1.165) is 11.3 Å². The molecule has 148 valence electrons. The van der Waals surface area contributed by atoms with Crippen molar-refractivity contribution in [3.8, 4) is 6.07 Å². The van der Waals surface area contributed by atoms with E-state index in [9.17, 15) is 14.9 Å². The summed E-state index contributed by atoms with van der Waals surface area (Å²) in [6.07, 6.45) is 1.32. The van der Waals surface area contributed by atoms with Crippen molar-refractivity contribution in [3.05, 3.63) is 75.8 Å². The SMILES string of the molecule is C=S1C(=CC#N)N(CC(=O)c2ccc(Cl)cc2)C(=O)C1c1ccc(N(C)C)cc1. The molecule has 1 saturated heterocycles. The molecule has 5 nitrogen and oxygen atoms in total. The van der Waals surface area contributed by atoms with Crippen LogP contribution in [0.5, 0.6) is 0 Å². The quantitative estimate of drug-likeness (QED) is 0.408. The van der Waals surface area contributed by atoms with Crippen molar-refractivity contribution in [3.63, 3.8) is 0 Å². The largest absolute Gasteiger partial charge is 0.378 e. The van der Waals surface area contributed by atoms with Crippen molar-refractivity contribution in [1.29, 1.82) is 5.26 Å². The first-order valence-electron chi connectivity index (χ1n) is 8.83. The second-order valence-electron chi connectivity index (χ2n) is 6.76. The van der Waals surface area contributed by atoms with Gasteiger partial charge in [-0.2, -0.15) is 5.26 Å². The topological polar surface area (TPSA) is 64.4 Å². The van der Waals surface area contributed by atoms with Crippen molar-refractivity contribution in [2.45, 2.75) is 5.25 Å². The maximum atomic E-state index is 13.2. The van der Waals surface area contributed by atoms with Crippen LogP contribution in [0.2, 0.25) is 5.02 Å². The summed E-state index contributed by atoms with van der Waals surface area (Å²) in [4.78, 5) is 29.3. The number of allylic oxidation sites excluding steroid dienone is 1. The fourth-order valence-electron chi connectivity index (χ4n) is 3.12. The molecule has 2 unspecified atom stereocenters. The lowest BCUT2D eigenvalue weighted by atomic mass is 10.1. The summed E-state index contributed by atoms with van der Waals surface area (Å²) in [6, 6.07) is 16.2. The Bertz CT molecular complexity index is 1040. The highest BCUT2D eigenvalue weighted by molar-refractivity contribution is 8.18. The van der Waals surface area contributed by atoms with Crippen LogP contribution < -0.4 is 4.90 Å². The lowest BCUT2D eigenvalue weighted by Crippen LogP contribution is -2.31. The predicted molar refractivity (Wildman–Crippen MR) is 119 cm³/mol. The van der Waals surface area contributed by atoms with E-state index in [-0.39, 0.29) is 18.2 Å². The zero-order valence-electron chi connectivity index (χ0n) is 16.1. The third kappa shape index (κ3) is 4.26. The number of Topliss-reactive ketones (excluding diaryl/α,β-unsaturated/α-hetero) is 1. The van der Waals surface area contributed by atoms with E-state index in [4.69, 9.17) is 11.6 Å². The average molecular weight is 426 g/mol. The van der Waals surface area contributed by atoms with Gasteiger partial charge in [-0.1, -0.05) is 29.6 Å². The van der Waals surface area contributed by atoms with E-state index in [1.807, 2.05) is 49.3 Å². The number of nitriles is 1. The molecule has 1 heterocycles. The van der Waals surface area contributed by atoms with Crippen molar-refractivity contribution >= 4 is 45.3 Å². The molecule has 0 saturated carbocycles. The van der Waals surface area contributed by atoms with Gasteiger partial charge in [-0.15, -0.1) is 10.5 Å². The van der Waals surface area contributed by atoms with Crippen LogP contribution in [0, 0.1) is 11.3 Å². The Kier molecular flexibility index (Phi) is 6.21. The summed E-state index contributed by atoms with van der Waals surface area (Å²) in [5, 5.41) is 9.70. The number of carbonyl (C=O) groups excluding carboxylic acids is 2. The summed E-state index contributed by atoms with van der Waals surface area (Å²) < 4.78 is 0. The van der Waals surface area contributed by atoms with Gasteiger partial charge in [-0.3, -0.25) is 14.5 Å². The van der Waals surface area contributed by atoms with Gasteiger partial charge in [0.15, 0.2) is 5.78 Å². The summed E-state index contributed by atoms with van der Waals surface area (Å²) in [7, 11) is 3.11. The minimum absolute atomic E-state index is 0.140. The van der Waals surface area contributed by atoms with Gasteiger partial charge >= 0.3 is 0 Å². The molecule has 0 radical (unpaired) electrons. The Morgan fingerprint density at radius 3 is 2.41 bits per heavy atom. The fraction of sp³-hybridized carbons (Fsp3) is 0.182. The first-order chi connectivity index (χ1) is 13.8. The smallest absolute Gasteiger partial charge is 0.245 e. The zero-order valence-corrected chi connectivity index (χ0v) is 17.7. The highest BCUT2D eigenvalue weighted by Gasteiger charge is 2.40. The molecule has 1 aliphatic heterocycles. The number of anilines is 1. The van der Waals surface area contributed by atoms with E-state index in [2.05, 4.69) is 5.87 Å². The molecule has 0 aromatic heterocycles. The number of nitrogens with zero attached hydrogens (tertiary/aromatic N) is 3. The van der Waals surface area contributed by atoms with Gasteiger partial charge in [0.05, 0.1) is 17.6 Å². The van der Waals surface area contributed by atoms with E-state index in [0.29, 0.717) is 15.6 Å². The van der Waals surface area contributed by atoms with Crippen LogP contribution in [-0.4, -0.2) is 43.1 Å². The molecule has 7 heteroatoms. The van der Waals surface area contributed by atoms with Crippen molar-refractivity contribution < 1.29 is 9.59 Å². The van der Waals surface area contributed by atoms with E-state index >= 15 is 0 Å². The van der Waals surface area contributed by atoms with Crippen LogP contribution in [0.4, 0.5) is 5.69 Å². The Labute approximate surface area is 177 Å². The average Bonchev–Trinajstić information content (AvgIpc) is 2.93. The van der Waals surface area contributed by atoms with Crippen molar-refractivity contribution in [2.24, 2.45) is 0 Å². The van der Waals surface area contributed by atoms with E-state index in [1.54, 1.807) is 24.3 Å². The third-order valence-corrected chi connectivity index (χ3v) is 6.85. The molecule has 2 aromatic rings. The predicted octanol–water partition coefficient (Wildman–Crippen LogP) is 4.24. The van der Waals surface area contributed by atoms with Gasteiger partial charge in [0.2, 0.25) is 5.91 Å². The third-order valence-electron chi connectivity index (χ3n) is 4.68. The lowest BCUT2D eigenvalue weighted by Gasteiger charge is -2.16. The van der Waals surface area contributed by atoms with Gasteiger partial charge in [0, 0.05) is 36.4 Å². The normalized spacial score (nSPS) is 20.0. The van der Waals surface area contributed by atoms with Gasteiger partial charge in [0.25, 0.3) is 0 Å². The minimum atomic E-state index is -0.775. The van der Waals surface area contributed by atoms with Gasteiger partial charge in [-0.25, -0.2) is 0 Å².